The minimum absolute atomic E-state index is 0.704. The zero-order chi connectivity index (χ0) is 21.4. The van der Waals surface area contributed by atoms with Crippen molar-refractivity contribution in [2.75, 3.05) is 6.61 Å². The maximum atomic E-state index is 11.7. The van der Waals surface area contributed by atoms with Gasteiger partial charge in [0.1, 0.15) is 6.61 Å². The third kappa shape index (κ3) is 7.38. The van der Waals surface area contributed by atoms with E-state index in [1.807, 2.05) is 0 Å². The van der Waals surface area contributed by atoms with Gasteiger partial charge < -0.3 is 24.1 Å². The highest BCUT2D eigenvalue weighted by atomic mass is 16.6. The van der Waals surface area contributed by atoms with E-state index in [4.69, 9.17) is 14.2 Å². The van der Waals surface area contributed by atoms with E-state index >= 15 is 0 Å². The van der Waals surface area contributed by atoms with E-state index in [1.165, 1.54) is 0 Å². The Morgan fingerprint density at radius 1 is 0.926 bits per heavy atom. The second kappa shape index (κ2) is 10.2. The Kier molecular flexibility index (Phi) is 9.03. The largest absolute Gasteiger partial charge is 0.478 e. The molecule has 4 atom stereocenters. The van der Waals surface area contributed by atoms with Gasteiger partial charge in [-0.1, -0.05) is 5.18 Å². The van der Waals surface area contributed by atoms with Crippen LogP contribution in [0.5, 0.6) is 0 Å². The molecular formula is C15H21NO11. The van der Waals surface area contributed by atoms with Gasteiger partial charge in [-0.3, -0.25) is 19.2 Å². The number of nitrogens with zero attached hydrogens (tertiary/aromatic N) is 1. The molecule has 0 aromatic heterocycles. The maximum Gasteiger partial charge on any atom is 0.352 e. The van der Waals surface area contributed by atoms with Gasteiger partial charge in [0.15, 0.2) is 18.2 Å². The van der Waals surface area contributed by atoms with Crippen LogP contribution in [0.2, 0.25) is 0 Å². The lowest BCUT2D eigenvalue weighted by Gasteiger charge is -2.37. The van der Waals surface area contributed by atoms with Crippen LogP contribution in [-0.2, 0) is 42.9 Å². The zero-order valence-electron chi connectivity index (χ0n) is 15.4. The van der Waals surface area contributed by atoms with E-state index in [0.29, 0.717) is 0 Å². The fourth-order valence-electron chi connectivity index (χ4n) is 2.12. The summed E-state index contributed by atoms with van der Waals surface area (Å²) in [5.41, 5.74) is -2.54. The molecule has 0 aromatic rings. The molecule has 0 heterocycles. The standard InChI is InChI=1S/C15H21NO11/c1-7(17)24-6-11(16-23)12(25-8(2)18)13(26-9(3)19)15(5,14(21)22)27-10(4)20/h11-13H,6H2,1-5H3,(H,21,22)/t11?,12-,13+,15-/m1/s1. The fraction of sp³-hybridized carbons (Fsp3) is 0.667. The third-order valence-electron chi connectivity index (χ3n) is 3.19. The van der Waals surface area contributed by atoms with Crippen molar-refractivity contribution in [2.45, 2.75) is 58.5 Å². The molecule has 0 rings (SSSR count). The summed E-state index contributed by atoms with van der Waals surface area (Å²) >= 11 is 0. The molecule has 0 aliphatic rings. The Morgan fingerprint density at radius 2 is 1.44 bits per heavy atom. The molecule has 27 heavy (non-hydrogen) atoms. The molecule has 0 radical (unpaired) electrons. The Labute approximate surface area is 154 Å². The lowest BCUT2D eigenvalue weighted by molar-refractivity contribution is -0.212. The molecule has 0 spiro atoms. The summed E-state index contributed by atoms with van der Waals surface area (Å²) in [4.78, 5) is 68.3. The molecular weight excluding hydrogens is 370 g/mol. The SMILES string of the molecule is CC(=O)OCC(N=O)[C@@H](OC(C)=O)[C@H](OC(C)=O)[C@@](C)(OC(C)=O)C(=O)O. The smallest absolute Gasteiger partial charge is 0.352 e. The highest BCUT2D eigenvalue weighted by Crippen LogP contribution is 2.28. The molecule has 0 fully saturated rings. The molecule has 0 aromatic carbocycles. The summed E-state index contributed by atoms with van der Waals surface area (Å²) in [7, 11) is 0. The monoisotopic (exact) mass is 391 g/mol. The second-order valence-electron chi connectivity index (χ2n) is 5.59. The lowest BCUT2D eigenvalue weighted by Crippen LogP contribution is -2.60. The highest BCUT2D eigenvalue weighted by Gasteiger charge is 2.55. The molecule has 152 valence electrons. The molecule has 1 unspecified atom stereocenters. The van der Waals surface area contributed by atoms with Crippen LogP contribution in [0.25, 0.3) is 0 Å². The summed E-state index contributed by atoms with van der Waals surface area (Å²) in [6, 6.07) is -1.66. The average Bonchev–Trinajstić information content (AvgIpc) is 2.50. The highest BCUT2D eigenvalue weighted by molar-refractivity contribution is 5.82. The molecule has 0 bridgehead atoms. The number of rotatable bonds is 10. The van der Waals surface area contributed by atoms with Crippen molar-refractivity contribution in [2.24, 2.45) is 5.18 Å². The van der Waals surface area contributed by atoms with E-state index in [0.717, 1.165) is 34.6 Å². The molecule has 12 heteroatoms. The van der Waals surface area contributed by atoms with Crippen molar-refractivity contribution in [1.29, 1.82) is 0 Å². The number of hydrogen-bond acceptors (Lipinski definition) is 11. The van der Waals surface area contributed by atoms with Crippen molar-refractivity contribution in [1.82, 2.24) is 0 Å². The van der Waals surface area contributed by atoms with Gasteiger partial charge in [-0.15, -0.1) is 0 Å². The summed E-state index contributed by atoms with van der Waals surface area (Å²) in [6.07, 6.45) is -3.80. The maximum absolute atomic E-state index is 11.7. The number of aliphatic carboxylic acids is 1. The second-order valence-corrected chi connectivity index (χ2v) is 5.59. The van der Waals surface area contributed by atoms with E-state index in [9.17, 15) is 34.0 Å². The van der Waals surface area contributed by atoms with Gasteiger partial charge >= 0.3 is 29.8 Å². The fourth-order valence-corrected chi connectivity index (χ4v) is 2.12. The van der Waals surface area contributed by atoms with Crippen LogP contribution in [0.3, 0.4) is 0 Å². The predicted octanol–water partition coefficient (Wildman–Crippen LogP) is -0.0457. The van der Waals surface area contributed by atoms with E-state index in [1.54, 1.807) is 0 Å². The van der Waals surface area contributed by atoms with Gasteiger partial charge in [-0.25, -0.2) is 4.79 Å². The van der Waals surface area contributed by atoms with E-state index in [-0.39, 0.29) is 0 Å². The van der Waals surface area contributed by atoms with E-state index < -0.39 is 60.3 Å². The van der Waals surface area contributed by atoms with E-state index in [2.05, 4.69) is 9.91 Å². The number of ether oxygens (including phenoxy) is 4. The molecule has 0 aliphatic heterocycles. The Balaban J connectivity index is 6.25. The number of carbonyl (C=O) groups excluding carboxylic acids is 4. The summed E-state index contributed by atoms with van der Waals surface area (Å²) in [5.74, 6) is -5.60. The predicted molar refractivity (Wildman–Crippen MR) is 85.1 cm³/mol. The topological polar surface area (TPSA) is 172 Å². The van der Waals surface area contributed by atoms with Crippen LogP contribution in [0.4, 0.5) is 0 Å². The first-order chi connectivity index (χ1) is 12.3. The summed E-state index contributed by atoms with van der Waals surface area (Å²) < 4.78 is 19.3. The van der Waals surface area contributed by atoms with Gasteiger partial charge in [0.25, 0.3) is 0 Å². The first kappa shape index (κ1) is 23.9. The number of carboxylic acids is 1. The Hall–Kier alpha value is -3.05. The third-order valence-corrected chi connectivity index (χ3v) is 3.19. The normalized spacial score (nSPS) is 15.9. The van der Waals surface area contributed by atoms with Crippen LogP contribution in [0, 0.1) is 4.91 Å². The lowest BCUT2D eigenvalue weighted by atomic mass is 9.90. The first-order valence-corrected chi connectivity index (χ1v) is 7.58. The number of esters is 4. The Morgan fingerprint density at radius 3 is 1.78 bits per heavy atom. The summed E-state index contributed by atoms with van der Waals surface area (Å²) in [6.45, 7) is 3.98. The molecule has 12 nitrogen and oxygen atoms in total. The average molecular weight is 391 g/mol. The van der Waals surface area contributed by atoms with Crippen molar-refractivity contribution < 1.29 is 48.0 Å². The minimum atomic E-state index is -2.54. The molecule has 0 saturated carbocycles. The van der Waals surface area contributed by atoms with Crippen LogP contribution in [0.1, 0.15) is 34.6 Å². The van der Waals surface area contributed by atoms with Gasteiger partial charge in [-0.05, 0) is 6.92 Å². The molecule has 1 N–H and O–H groups in total. The number of carboxylic acid groups (broad SMARTS) is 1. The van der Waals surface area contributed by atoms with Crippen molar-refractivity contribution in [3.8, 4) is 0 Å². The number of hydrogen-bond donors (Lipinski definition) is 1. The van der Waals surface area contributed by atoms with Crippen LogP contribution in [-0.4, -0.2) is 65.4 Å². The zero-order valence-corrected chi connectivity index (χ0v) is 15.4. The Bertz CT molecular complexity index is 617. The van der Waals surface area contributed by atoms with Crippen molar-refractivity contribution >= 4 is 29.8 Å². The van der Waals surface area contributed by atoms with Crippen molar-refractivity contribution in [3.05, 3.63) is 4.91 Å². The number of nitroso groups, excluding NO2 is 1. The molecule has 0 aliphatic carbocycles. The first-order valence-electron chi connectivity index (χ1n) is 7.58. The number of carbonyl (C=O) groups is 5. The van der Waals surface area contributed by atoms with Gasteiger partial charge in [0, 0.05) is 27.7 Å². The van der Waals surface area contributed by atoms with Gasteiger partial charge in [0.2, 0.25) is 5.60 Å². The van der Waals surface area contributed by atoms with Crippen LogP contribution < -0.4 is 0 Å². The van der Waals surface area contributed by atoms with Gasteiger partial charge in [-0.2, -0.15) is 4.91 Å². The molecule has 0 amide bonds. The van der Waals surface area contributed by atoms with Crippen LogP contribution in [0.15, 0.2) is 5.18 Å². The van der Waals surface area contributed by atoms with Gasteiger partial charge in [0.05, 0.1) is 0 Å². The minimum Gasteiger partial charge on any atom is -0.478 e. The quantitative estimate of drug-likeness (QED) is 0.300. The molecule has 0 saturated heterocycles. The van der Waals surface area contributed by atoms with Crippen molar-refractivity contribution in [3.63, 3.8) is 0 Å². The summed E-state index contributed by atoms with van der Waals surface area (Å²) in [5, 5.41) is 12.2. The van der Waals surface area contributed by atoms with Crippen LogP contribution >= 0.6 is 0 Å².